The Morgan fingerprint density at radius 3 is 2.56 bits per heavy atom. The van der Waals surface area contributed by atoms with Gasteiger partial charge in [-0.25, -0.2) is 9.18 Å². The molecule has 0 amide bonds. The minimum atomic E-state index is -0.915. The van der Waals surface area contributed by atoms with Gasteiger partial charge >= 0.3 is 5.97 Å². The van der Waals surface area contributed by atoms with Gasteiger partial charge in [-0.2, -0.15) is 0 Å². The summed E-state index contributed by atoms with van der Waals surface area (Å²) < 4.78 is 13.4. The summed E-state index contributed by atoms with van der Waals surface area (Å²) in [6.07, 6.45) is 0.909. The van der Waals surface area contributed by atoms with E-state index < -0.39 is 5.97 Å². The lowest BCUT2D eigenvalue weighted by Crippen LogP contribution is -2.30. The predicted octanol–water partition coefficient (Wildman–Crippen LogP) is 4.99. The second-order valence-electron chi connectivity index (χ2n) is 7.33. The molecule has 1 aliphatic carbocycles. The molecule has 3 atom stereocenters. The Kier molecular flexibility index (Phi) is 3.54. The number of hydrogen-bond acceptors (Lipinski definition) is 2. The van der Waals surface area contributed by atoms with Gasteiger partial charge in [-0.1, -0.05) is 36.4 Å². The average Bonchev–Trinajstić information content (AvgIpc) is 3.07. The van der Waals surface area contributed by atoms with Crippen molar-refractivity contribution < 1.29 is 14.3 Å². The summed E-state index contributed by atoms with van der Waals surface area (Å²) in [4.78, 5) is 11.5. The summed E-state index contributed by atoms with van der Waals surface area (Å²) in [5.74, 6) is -0.773. The third-order valence-electron chi connectivity index (χ3n) is 5.88. The van der Waals surface area contributed by atoms with Crippen molar-refractivity contribution in [3.63, 3.8) is 0 Å². The molecule has 0 saturated heterocycles. The summed E-state index contributed by atoms with van der Waals surface area (Å²) >= 11 is 0. The maximum Gasteiger partial charge on any atom is 0.335 e. The summed E-state index contributed by atoms with van der Waals surface area (Å²) in [5, 5.41) is 13.0. The number of benzene rings is 3. The summed E-state index contributed by atoms with van der Waals surface area (Å²) in [6, 6.07) is 20.4. The van der Waals surface area contributed by atoms with Gasteiger partial charge in [0.1, 0.15) is 5.82 Å². The van der Waals surface area contributed by atoms with E-state index >= 15 is 0 Å². The number of nitrogens with one attached hydrogen (secondary N) is 1. The number of carboxylic acid groups (broad SMARTS) is 1. The summed E-state index contributed by atoms with van der Waals surface area (Å²) in [7, 11) is 0. The van der Waals surface area contributed by atoms with Crippen molar-refractivity contribution in [1.82, 2.24) is 0 Å². The quantitative estimate of drug-likeness (QED) is 0.677. The molecular formula is C23H18FNO2. The smallest absolute Gasteiger partial charge is 0.335 e. The molecule has 0 fully saturated rings. The van der Waals surface area contributed by atoms with E-state index in [2.05, 4.69) is 17.4 Å². The van der Waals surface area contributed by atoms with Crippen molar-refractivity contribution in [2.24, 2.45) is 5.92 Å². The molecule has 27 heavy (non-hydrogen) atoms. The maximum atomic E-state index is 13.4. The minimum absolute atomic E-state index is 0.0474. The van der Waals surface area contributed by atoms with Crippen molar-refractivity contribution in [2.75, 3.05) is 5.32 Å². The van der Waals surface area contributed by atoms with Crippen molar-refractivity contribution in [2.45, 2.75) is 18.4 Å². The summed E-state index contributed by atoms with van der Waals surface area (Å²) in [6.45, 7) is 0. The van der Waals surface area contributed by atoms with Gasteiger partial charge in [0.15, 0.2) is 0 Å². The molecular weight excluding hydrogens is 341 g/mol. The van der Waals surface area contributed by atoms with Gasteiger partial charge in [-0.3, -0.25) is 0 Å². The molecule has 0 radical (unpaired) electrons. The number of hydrogen-bond donors (Lipinski definition) is 2. The fourth-order valence-corrected chi connectivity index (χ4v) is 4.69. The number of aromatic carboxylic acids is 1. The zero-order chi connectivity index (χ0) is 18.5. The SMILES string of the molecule is O=C(O)c1ccc2c(c1)[C@@H]1c3ccccc3C[C@H]1[C@H](c1ccc(F)cc1)N2. The van der Waals surface area contributed by atoms with Crippen LogP contribution in [-0.4, -0.2) is 11.1 Å². The highest BCUT2D eigenvalue weighted by Crippen LogP contribution is 2.53. The zero-order valence-electron chi connectivity index (χ0n) is 14.5. The van der Waals surface area contributed by atoms with Crippen LogP contribution in [-0.2, 0) is 6.42 Å². The lowest BCUT2D eigenvalue weighted by atomic mass is 9.75. The molecule has 3 aromatic carbocycles. The molecule has 2 N–H and O–H groups in total. The average molecular weight is 359 g/mol. The van der Waals surface area contributed by atoms with E-state index in [4.69, 9.17) is 0 Å². The molecule has 1 heterocycles. The van der Waals surface area contributed by atoms with Crippen molar-refractivity contribution in [3.8, 4) is 0 Å². The normalized spacial score (nSPS) is 22.3. The third-order valence-corrected chi connectivity index (χ3v) is 5.88. The van der Waals surface area contributed by atoms with Crippen molar-refractivity contribution >= 4 is 11.7 Å². The van der Waals surface area contributed by atoms with Crippen LogP contribution in [0.25, 0.3) is 0 Å². The van der Waals surface area contributed by atoms with E-state index in [1.165, 1.54) is 23.3 Å². The fraction of sp³-hybridized carbons (Fsp3) is 0.174. The molecule has 134 valence electrons. The van der Waals surface area contributed by atoms with Crippen LogP contribution < -0.4 is 5.32 Å². The first kappa shape index (κ1) is 16.1. The molecule has 3 nitrogen and oxygen atoms in total. The van der Waals surface area contributed by atoms with E-state index in [-0.39, 0.29) is 23.7 Å². The van der Waals surface area contributed by atoms with Gasteiger partial charge in [-0.05, 0) is 64.9 Å². The van der Waals surface area contributed by atoms with Gasteiger partial charge < -0.3 is 10.4 Å². The molecule has 0 spiro atoms. The van der Waals surface area contributed by atoms with Gasteiger partial charge in [0.2, 0.25) is 0 Å². The predicted molar refractivity (Wildman–Crippen MR) is 102 cm³/mol. The third kappa shape index (κ3) is 2.52. The van der Waals surface area contributed by atoms with Crippen LogP contribution in [0.4, 0.5) is 10.1 Å². The van der Waals surface area contributed by atoms with Gasteiger partial charge in [-0.15, -0.1) is 0 Å². The first-order valence-corrected chi connectivity index (χ1v) is 9.09. The zero-order valence-corrected chi connectivity index (χ0v) is 14.5. The highest BCUT2D eigenvalue weighted by Gasteiger charge is 2.43. The Morgan fingerprint density at radius 1 is 1.00 bits per heavy atom. The van der Waals surface area contributed by atoms with Gasteiger partial charge in [0.25, 0.3) is 0 Å². The molecule has 0 aromatic heterocycles. The monoisotopic (exact) mass is 359 g/mol. The number of carboxylic acids is 1. The lowest BCUT2D eigenvalue weighted by molar-refractivity contribution is 0.0696. The molecule has 0 bridgehead atoms. The Hall–Kier alpha value is -3.14. The number of rotatable bonds is 2. The molecule has 2 aliphatic rings. The van der Waals surface area contributed by atoms with Crippen molar-refractivity contribution in [3.05, 3.63) is 100 Å². The van der Waals surface area contributed by atoms with Crippen LogP contribution in [0.5, 0.6) is 0 Å². The van der Waals surface area contributed by atoms with Gasteiger partial charge in [0.05, 0.1) is 11.6 Å². The summed E-state index contributed by atoms with van der Waals surface area (Å²) in [5.41, 5.74) is 5.90. The first-order chi connectivity index (χ1) is 13.1. The number of halogens is 1. The Morgan fingerprint density at radius 2 is 1.78 bits per heavy atom. The van der Waals surface area contributed by atoms with Crippen LogP contribution >= 0.6 is 0 Å². The first-order valence-electron chi connectivity index (χ1n) is 9.09. The Labute approximate surface area is 156 Å². The fourth-order valence-electron chi connectivity index (χ4n) is 4.69. The van der Waals surface area contributed by atoms with E-state index in [1.54, 1.807) is 12.1 Å². The highest BCUT2D eigenvalue weighted by molar-refractivity contribution is 5.89. The lowest BCUT2D eigenvalue weighted by Gasteiger charge is -2.38. The van der Waals surface area contributed by atoms with Crippen molar-refractivity contribution in [1.29, 1.82) is 0 Å². The van der Waals surface area contributed by atoms with E-state index in [9.17, 15) is 14.3 Å². The Balaban J connectivity index is 1.68. The van der Waals surface area contributed by atoms with Crippen LogP contribution in [0.3, 0.4) is 0 Å². The highest BCUT2D eigenvalue weighted by atomic mass is 19.1. The van der Waals surface area contributed by atoms with Crippen LogP contribution in [0.1, 0.15) is 44.6 Å². The number of carbonyl (C=O) groups is 1. The van der Waals surface area contributed by atoms with E-state index in [0.717, 1.165) is 23.2 Å². The minimum Gasteiger partial charge on any atom is -0.478 e. The molecule has 3 aromatic rings. The second kappa shape index (κ2) is 5.95. The Bertz CT molecular complexity index is 1040. The van der Waals surface area contributed by atoms with E-state index in [0.29, 0.717) is 5.56 Å². The van der Waals surface area contributed by atoms with E-state index in [1.807, 2.05) is 30.3 Å². The number of anilines is 1. The largest absolute Gasteiger partial charge is 0.478 e. The maximum absolute atomic E-state index is 13.4. The van der Waals surface area contributed by atoms with Gasteiger partial charge in [0, 0.05) is 11.6 Å². The molecule has 4 heteroatoms. The molecule has 0 unspecified atom stereocenters. The number of fused-ring (bicyclic) bond motifs is 5. The second-order valence-corrected chi connectivity index (χ2v) is 7.33. The topological polar surface area (TPSA) is 49.3 Å². The molecule has 1 aliphatic heterocycles. The van der Waals surface area contributed by atoms with Crippen LogP contribution in [0.2, 0.25) is 0 Å². The van der Waals surface area contributed by atoms with Crippen LogP contribution in [0, 0.1) is 11.7 Å². The molecule has 0 saturated carbocycles. The standard InChI is InChI=1S/C23H18FNO2/c24-16-8-5-13(6-9-16)22-19-11-14-3-1-2-4-17(14)21(19)18-12-15(23(26)27)7-10-20(18)25-22/h1-10,12,19,21-22,25H,11H2,(H,26,27)/t19-,21+,22+/m1/s1. The molecule has 5 rings (SSSR count). The van der Waals surface area contributed by atoms with Crippen LogP contribution in [0.15, 0.2) is 66.7 Å².